The number of benzene rings is 4. The van der Waals surface area contributed by atoms with Crippen LogP contribution in [0.25, 0.3) is 21.9 Å². The Balaban J connectivity index is 1.65. The van der Waals surface area contributed by atoms with E-state index in [1.54, 1.807) is 30.3 Å². The largest absolute Gasteiger partial charge is 0.206 e. The van der Waals surface area contributed by atoms with Crippen LogP contribution in [0.15, 0.2) is 79.4 Å². The molecule has 0 nitrogen and oxygen atoms in total. The zero-order chi connectivity index (χ0) is 22.7. The van der Waals surface area contributed by atoms with Gasteiger partial charge in [-0.3, -0.25) is 0 Å². The van der Waals surface area contributed by atoms with Gasteiger partial charge in [0.2, 0.25) is 0 Å². The van der Waals surface area contributed by atoms with E-state index in [4.69, 9.17) is 0 Å². The van der Waals surface area contributed by atoms with Crippen molar-refractivity contribution in [3.8, 4) is 23.0 Å². The third-order valence-corrected chi connectivity index (χ3v) is 5.23. The van der Waals surface area contributed by atoms with Gasteiger partial charge in [-0.05, 0) is 54.3 Å². The molecular formula is C28H18F4. The molecule has 0 aliphatic rings. The second-order valence-corrected chi connectivity index (χ2v) is 7.35. The van der Waals surface area contributed by atoms with Crippen LogP contribution >= 0.6 is 0 Å². The number of hydrogen-bond acceptors (Lipinski definition) is 0. The maximum Gasteiger partial charge on any atom is 0.166 e. The van der Waals surface area contributed by atoms with Crippen molar-refractivity contribution in [2.45, 2.75) is 12.8 Å². The van der Waals surface area contributed by atoms with E-state index >= 15 is 0 Å². The molecule has 4 aromatic carbocycles. The summed E-state index contributed by atoms with van der Waals surface area (Å²) in [6, 6.07) is 16.4. The van der Waals surface area contributed by atoms with Gasteiger partial charge in [-0.1, -0.05) is 54.3 Å². The first-order valence-corrected chi connectivity index (χ1v) is 10.1. The van der Waals surface area contributed by atoms with Gasteiger partial charge in [-0.2, -0.15) is 0 Å². The molecule has 0 aromatic heterocycles. The molecule has 0 spiro atoms. The molecule has 0 heterocycles. The first-order chi connectivity index (χ1) is 15.5. The van der Waals surface area contributed by atoms with Gasteiger partial charge in [-0.15, -0.1) is 6.58 Å². The molecule has 0 saturated heterocycles. The van der Waals surface area contributed by atoms with E-state index in [2.05, 4.69) is 18.4 Å². The van der Waals surface area contributed by atoms with E-state index in [0.717, 1.165) is 18.1 Å². The molecular weight excluding hydrogens is 412 g/mol. The fraction of sp³-hybridized carbons (Fsp3) is 0.0714. The van der Waals surface area contributed by atoms with Crippen LogP contribution in [0, 0.1) is 35.1 Å². The first kappa shape index (κ1) is 21.4. The van der Waals surface area contributed by atoms with Gasteiger partial charge in [-0.25, -0.2) is 17.6 Å². The van der Waals surface area contributed by atoms with Crippen LogP contribution in [0.5, 0.6) is 0 Å². The molecule has 32 heavy (non-hydrogen) atoms. The van der Waals surface area contributed by atoms with Gasteiger partial charge >= 0.3 is 0 Å². The van der Waals surface area contributed by atoms with Crippen molar-refractivity contribution in [1.29, 1.82) is 0 Å². The van der Waals surface area contributed by atoms with Crippen molar-refractivity contribution in [2.24, 2.45) is 0 Å². The SMILES string of the molecule is C=CCCc1ccc(-c2ccc(C#Cc3cccc4c(F)c(F)ccc34)c(F)c2)c(F)c1. The Morgan fingerprint density at radius 3 is 2.28 bits per heavy atom. The summed E-state index contributed by atoms with van der Waals surface area (Å²) in [7, 11) is 0. The summed E-state index contributed by atoms with van der Waals surface area (Å²) in [5, 5.41) is 0.550. The summed E-state index contributed by atoms with van der Waals surface area (Å²) in [5.41, 5.74) is 2.13. The van der Waals surface area contributed by atoms with Crippen LogP contribution in [0.1, 0.15) is 23.1 Å². The Kier molecular flexibility index (Phi) is 6.09. The normalized spacial score (nSPS) is 10.6. The molecule has 4 heteroatoms. The second kappa shape index (κ2) is 9.11. The number of halogens is 4. The third-order valence-electron chi connectivity index (χ3n) is 5.23. The molecule has 0 aliphatic carbocycles. The first-order valence-electron chi connectivity index (χ1n) is 10.1. The van der Waals surface area contributed by atoms with Crippen LogP contribution in [0.2, 0.25) is 0 Å². The summed E-state index contributed by atoms with van der Waals surface area (Å²) >= 11 is 0. The van der Waals surface area contributed by atoms with Crippen molar-refractivity contribution < 1.29 is 17.6 Å². The number of rotatable bonds is 4. The highest BCUT2D eigenvalue weighted by atomic mass is 19.2. The molecule has 0 bridgehead atoms. The predicted octanol–water partition coefficient (Wildman–Crippen LogP) is 7.58. The van der Waals surface area contributed by atoms with E-state index in [0.29, 0.717) is 28.5 Å². The summed E-state index contributed by atoms with van der Waals surface area (Å²) < 4.78 is 56.7. The monoisotopic (exact) mass is 430 g/mol. The molecule has 0 amide bonds. The topological polar surface area (TPSA) is 0 Å². The fourth-order valence-electron chi connectivity index (χ4n) is 3.54. The van der Waals surface area contributed by atoms with Crippen molar-refractivity contribution in [2.75, 3.05) is 0 Å². The quantitative estimate of drug-likeness (QED) is 0.178. The lowest BCUT2D eigenvalue weighted by molar-refractivity contribution is 0.517. The van der Waals surface area contributed by atoms with Crippen LogP contribution in [0.3, 0.4) is 0 Å². The van der Waals surface area contributed by atoms with E-state index in [1.165, 1.54) is 30.3 Å². The minimum absolute atomic E-state index is 0.111. The van der Waals surface area contributed by atoms with Crippen LogP contribution in [0.4, 0.5) is 17.6 Å². The van der Waals surface area contributed by atoms with E-state index < -0.39 is 23.3 Å². The molecule has 0 atom stereocenters. The molecule has 0 unspecified atom stereocenters. The lowest BCUT2D eigenvalue weighted by atomic mass is 9.99. The van der Waals surface area contributed by atoms with Gasteiger partial charge < -0.3 is 0 Å². The molecule has 0 N–H and O–H groups in total. The fourth-order valence-corrected chi connectivity index (χ4v) is 3.54. The maximum absolute atomic E-state index is 14.7. The van der Waals surface area contributed by atoms with Crippen LogP contribution in [-0.2, 0) is 6.42 Å². The van der Waals surface area contributed by atoms with Crippen LogP contribution in [-0.4, -0.2) is 0 Å². The molecule has 0 radical (unpaired) electrons. The molecule has 0 fully saturated rings. The maximum atomic E-state index is 14.7. The Bertz CT molecular complexity index is 1390. The second-order valence-electron chi connectivity index (χ2n) is 7.35. The molecule has 0 saturated carbocycles. The average Bonchev–Trinajstić information content (AvgIpc) is 2.79. The Labute approximate surface area is 183 Å². The lowest BCUT2D eigenvalue weighted by Crippen LogP contribution is -1.92. The summed E-state index contributed by atoms with van der Waals surface area (Å²) in [4.78, 5) is 0. The van der Waals surface area contributed by atoms with Gasteiger partial charge in [0.1, 0.15) is 11.6 Å². The Morgan fingerprint density at radius 1 is 0.719 bits per heavy atom. The predicted molar refractivity (Wildman–Crippen MR) is 120 cm³/mol. The van der Waals surface area contributed by atoms with Gasteiger partial charge in [0.15, 0.2) is 11.6 Å². The van der Waals surface area contributed by atoms with E-state index in [1.807, 2.05) is 6.07 Å². The lowest BCUT2D eigenvalue weighted by Gasteiger charge is -2.07. The van der Waals surface area contributed by atoms with Gasteiger partial charge in [0, 0.05) is 21.9 Å². The smallest absolute Gasteiger partial charge is 0.166 e. The number of aryl methyl sites for hydroxylation is 1. The minimum Gasteiger partial charge on any atom is -0.206 e. The van der Waals surface area contributed by atoms with E-state index in [9.17, 15) is 17.6 Å². The summed E-state index contributed by atoms with van der Waals surface area (Å²) in [5.74, 6) is 2.66. The highest BCUT2D eigenvalue weighted by Crippen LogP contribution is 2.27. The number of fused-ring (bicyclic) bond motifs is 1. The Morgan fingerprint density at radius 2 is 1.53 bits per heavy atom. The van der Waals surface area contributed by atoms with Crippen molar-refractivity contribution in [1.82, 2.24) is 0 Å². The standard InChI is InChI=1S/C28H18F4/c1-2-3-5-18-8-13-23(27(31)16-18)21-12-11-20(26(30)17-21)10-9-19-6-4-7-24-22(19)14-15-25(29)28(24)32/h2,4,6-8,11-17H,1,3,5H2. The summed E-state index contributed by atoms with van der Waals surface area (Å²) in [6.07, 6.45) is 3.21. The average molecular weight is 430 g/mol. The third kappa shape index (κ3) is 4.29. The van der Waals surface area contributed by atoms with E-state index in [-0.39, 0.29) is 10.9 Å². The van der Waals surface area contributed by atoms with Crippen molar-refractivity contribution in [3.05, 3.63) is 119 Å². The minimum atomic E-state index is -0.945. The van der Waals surface area contributed by atoms with Gasteiger partial charge in [0.05, 0.1) is 5.56 Å². The zero-order valence-electron chi connectivity index (χ0n) is 17.1. The number of allylic oxidation sites excluding steroid dienone is 1. The zero-order valence-corrected chi connectivity index (χ0v) is 17.1. The molecule has 158 valence electrons. The Hall–Kier alpha value is -3.84. The van der Waals surface area contributed by atoms with Crippen LogP contribution < -0.4 is 0 Å². The highest BCUT2D eigenvalue weighted by Gasteiger charge is 2.10. The molecule has 0 aliphatic heterocycles. The highest BCUT2D eigenvalue weighted by molar-refractivity contribution is 5.89. The van der Waals surface area contributed by atoms with Gasteiger partial charge in [0.25, 0.3) is 0 Å². The summed E-state index contributed by atoms with van der Waals surface area (Å²) in [6.45, 7) is 3.66. The molecule has 4 aromatic rings. The van der Waals surface area contributed by atoms with Crippen molar-refractivity contribution in [3.63, 3.8) is 0 Å². The number of hydrogen-bond donors (Lipinski definition) is 0. The van der Waals surface area contributed by atoms with Crippen molar-refractivity contribution >= 4 is 10.8 Å². The molecule has 4 rings (SSSR count).